The molecule has 0 saturated carbocycles. The van der Waals surface area contributed by atoms with E-state index in [-0.39, 0.29) is 11.4 Å². The molecule has 4 rings (SSSR count). The van der Waals surface area contributed by atoms with E-state index in [0.717, 1.165) is 44.8 Å². The van der Waals surface area contributed by atoms with E-state index in [1.165, 1.54) is 5.69 Å². The van der Waals surface area contributed by atoms with Crippen molar-refractivity contribution < 1.29 is 9.21 Å². The van der Waals surface area contributed by atoms with Crippen molar-refractivity contribution in [2.24, 2.45) is 0 Å². The molecule has 0 unspecified atom stereocenters. The first-order chi connectivity index (χ1) is 11.1. The maximum Gasteiger partial charge on any atom is 0.289 e. The maximum atomic E-state index is 12.5. The normalized spacial score (nSPS) is 20.7. The number of imidazole rings is 1. The molecule has 2 aromatic rings. The van der Waals surface area contributed by atoms with Crippen molar-refractivity contribution in [2.45, 2.75) is 31.8 Å². The summed E-state index contributed by atoms with van der Waals surface area (Å²) in [5.74, 6) is 1.58. The summed E-state index contributed by atoms with van der Waals surface area (Å²) in [6.07, 6.45) is 5.34. The monoisotopic (exact) mass is 314 g/mol. The van der Waals surface area contributed by atoms with Crippen molar-refractivity contribution in [1.82, 2.24) is 19.4 Å². The first kappa shape index (κ1) is 14.5. The lowest BCUT2D eigenvalue weighted by Gasteiger charge is -2.49. The quantitative estimate of drug-likeness (QED) is 0.806. The number of piperidine rings is 1. The Kier molecular flexibility index (Phi) is 3.30. The van der Waals surface area contributed by atoms with Crippen molar-refractivity contribution >= 4 is 5.91 Å². The smallest absolute Gasteiger partial charge is 0.289 e. The van der Waals surface area contributed by atoms with Gasteiger partial charge in [0.25, 0.3) is 5.91 Å². The molecule has 4 heterocycles. The number of carbonyl (C=O) groups excluding carboxylic acids is 1. The summed E-state index contributed by atoms with van der Waals surface area (Å²) in [5, 5.41) is 0. The molecule has 6 heteroatoms. The molecule has 1 spiro atoms. The number of rotatable bonds is 1. The minimum Gasteiger partial charge on any atom is -0.459 e. The fourth-order valence-electron chi connectivity index (χ4n) is 3.99. The van der Waals surface area contributed by atoms with E-state index in [2.05, 4.69) is 23.4 Å². The molecule has 0 aliphatic carbocycles. The number of hydrogen-bond donors (Lipinski definition) is 0. The highest BCUT2D eigenvalue weighted by Gasteiger charge is 2.46. The van der Waals surface area contributed by atoms with Crippen LogP contribution in [-0.2, 0) is 12.1 Å². The van der Waals surface area contributed by atoms with E-state index < -0.39 is 0 Å². The van der Waals surface area contributed by atoms with Gasteiger partial charge in [0.2, 0.25) is 0 Å². The number of hydrogen-bond acceptors (Lipinski definition) is 4. The van der Waals surface area contributed by atoms with Crippen LogP contribution in [0.15, 0.2) is 29.0 Å². The molecule has 0 radical (unpaired) electrons. The summed E-state index contributed by atoms with van der Waals surface area (Å²) in [5.41, 5.74) is 1.17. The van der Waals surface area contributed by atoms with Gasteiger partial charge in [-0.3, -0.25) is 9.69 Å². The highest BCUT2D eigenvalue weighted by molar-refractivity contribution is 5.91. The number of fused-ring (bicyclic) bond motifs is 2. The molecule has 2 aliphatic heterocycles. The molecule has 2 aliphatic rings. The molecule has 2 aromatic heterocycles. The highest BCUT2D eigenvalue weighted by atomic mass is 16.3. The van der Waals surface area contributed by atoms with Crippen molar-refractivity contribution in [3.8, 4) is 0 Å². The van der Waals surface area contributed by atoms with Gasteiger partial charge in [0.05, 0.1) is 11.8 Å². The van der Waals surface area contributed by atoms with Crippen LogP contribution >= 0.6 is 0 Å². The third kappa shape index (κ3) is 2.12. The first-order valence-electron chi connectivity index (χ1n) is 8.18. The largest absolute Gasteiger partial charge is 0.459 e. The van der Waals surface area contributed by atoms with Gasteiger partial charge in [-0.15, -0.1) is 0 Å². The van der Waals surface area contributed by atoms with Crippen molar-refractivity contribution in [3.05, 3.63) is 41.9 Å². The van der Waals surface area contributed by atoms with E-state index in [1.54, 1.807) is 18.4 Å². The summed E-state index contributed by atoms with van der Waals surface area (Å²) in [6, 6.07) is 3.49. The van der Waals surface area contributed by atoms with Crippen LogP contribution in [0.1, 0.15) is 34.9 Å². The van der Waals surface area contributed by atoms with Gasteiger partial charge in [0.15, 0.2) is 5.76 Å². The lowest BCUT2D eigenvalue weighted by Crippen LogP contribution is -2.57. The van der Waals surface area contributed by atoms with Gasteiger partial charge < -0.3 is 13.9 Å². The second-order valence-electron chi connectivity index (χ2n) is 6.60. The van der Waals surface area contributed by atoms with Gasteiger partial charge in [-0.2, -0.15) is 0 Å². The number of aryl methyl sites for hydroxylation is 1. The summed E-state index contributed by atoms with van der Waals surface area (Å²) in [7, 11) is 2.18. The zero-order chi connectivity index (χ0) is 16.0. The Balaban J connectivity index is 1.58. The molecule has 1 amide bonds. The van der Waals surface area contributed by atoms with Crippen LogP contribution in [0.4, 0.5) is 0 Å². The number of carbonyl (C=O) groups is 1. The molecule has 0 atom stereocenters. The summed E-state index contributed by atoms with van der Waals surface area (Å²) in [6.45, 7) is 5.60. The summed E-state index contributed by atoms with van der Waals surface area (Å²) >= 11 is 0. The lowest BCUT2D eigenvalue weighted by molar-refractivity contribution is 0.00853. The molecular formula is C17H22N4O2. The van der Waals surface area contributed by atoms with Crippen LogP contribution < -0.4 is 0 Å². The average molecular weight is 314 g/mol. The van der Waals surface area contributed by atoms with Crippen LogP contribution in [0.5, 0.6) is 0 Å². The molecule has 0 aromatic carbocycles. The number of likely N-dealkylation sites (N-methyl/N-ethyl adjacent to an activating group) is 1. The molecule has 1 saturated heterocycles. The van der Waals surface area contributed by atoms with Crippen LogP contribution in [0.2, 0.25) is 0 Å². The van der Waals surface area contributed by atoms with Crippen molar-refractivity contribution in [2.75, 3.05) is 26.7 Å². The standard InChI is InChI=1S/C17H22N4O2/c1-13-12-18-16-17(19(2)9-10-21(13)16)5-7-20(8-6-17)15(22)14-4-3-11-23-14/h3-4,11-12H,5-10H2,1-2H3. The third-order valence-electron chi connectivity index (χ3n) is 5.47. The number of aromatic nitrogens is 2. The Morgan fingerprint density at radius 1 is 1.26 bits per heavy atom. The van der Waals surface area contributed by atoms with Gasteiger partial charge in [-0.05, 0) is 38.9 Å². The van der Waals surface area contributed by atoms with E-state index in [4.69, 9.17) is 9.40 Å². The highest BCUT2D eigenvalue weighted by Crippen LogP contribution is 2.40. The first-order valence-corrected chi connectivity index (χ1v) is 8.18. The Hall–Kier alpha value is -2.08. The number of nitrogens with zero attached hydrogens (tertiary/aromatic N) is 4. The van der Waals surface area contributed by atoms with Crippen molar-refractivity contribution in [1.29, 1.82) is 0 Å². The van der Waals surface area contributed by atoms with Gasteiger partial charge >= 0.3 is 0 Å². The average Bonchev–Trinajstić information content (AvgIpc) is 3.22. The Labute approximate surface area is 135 Å². The van der Waals surface area contributed by atoms with Crippen LogP contribution in [0, 0.1) is 6.92 Å². The van der Waals surface area contributed by atoms with Crippen molar-refractivity contribution in [3.63, 3.8) is 0 Å². The molecule has 23 heavy (non-hydrogen) atoms. The van der Waals surface area contributed by atoms with Gasteiger partial charge in [0.1, 0.15) is 5.82 Å². The maximum absolute atomic E-state index is 12.5. The molecule has 0 bridgehead atoms. The molecule has 0 N–H and O–H groups in total. The zero-order valence-electron chi connectivity index (χ0n) is 13.7. The molecule has 6 nitrogen and oxygen atoms in total. The summed E-state index contributed by atoms with van der Waals surface area (Å²) in [4.78, 5) is 21.5. The number of amides is 1. The predicted octanol–water partition coefficient (Wildman–Crippen LogP) is 1.86. The van der Waals surface area contributed by atoms with Crippen LogP contribution in [0.25, 0.3) is 0 Å². The van der Waals surface area contributed by atoms with E-state index in [0.29, 0.717) is 5.76 Å². The van der Waals surface area contributed by atoms with Crippen LogP contribution in [0.3, 0.4) is 0 Å². The Morgan fingerprint density at radius 2 is 2.04 bits per heavy atom. The molecule has 122 valence electrons. The van der Waals surface area contributed by atoms with E-state index in [1.807, 2.05) is 11.1 Å². The topological polar surface area (TPSA) is 54.5 Å². The fraction of sp³-hybridized carbons (Fsp3) is 0.529. The van der Waals surface area contributed by atoms with E-state index in [9.17, 15) is 4.79 Å². The molecule has 1 fully saturated rings. The number of likely N-dealkylation sites (tertiary alicyclic amines) is 1. The Bertz CT molecular complexity index is 711. The second-order valence-corrected chi connectivity index (χ2v) is 6.60. The van der Waals surface area contributed by atoms with Crippen LogP contribution in [-0.4, -0.2) is 51.9 Å². The Morgan fingerprint density at radius 3 is 2.74 bits per heavy atom. The second kappa shape index (κ2) is 5.23. The van der Waals surface area contributed by atoms with E-state index >= 15 is 0 Å². The van der Waals surface area contributed by atoms with Gasteiger partial charge in [-0.25, -0.2) is 4.98 Å². The minimum absolute atomic E-state index is 0.0113. The molecular weight excluding hydrogens is 292 g/mol. The predicted molar refractivity (Wildman–Crippen MR) is 85.1 cm³/mol. The number of furan rings is 1. The zero-order valence-corrected chi connectivity index (χ0v) is 13.7. The van der Waals surface area contributed by atoms with Gasteiger partial charge in [-0.1, -0.05) is 0 Å². The van der Waals surface area contributed by atoms with Gasteiger partial charge in [0, 0.05) is 38.1 Å². The lowest BCUT2D eigenvalue weighted by atomic mass is 9.83. The minimum atomic E-state index is -0.0492. The third-order valence-corrected chi connectivity index (χ3v) is 5.47. The summed E-state index contributed by atoms with van der Waals surface area (Å²) < 4.78 is 7.59. The fourth-order valence-corrected chi connectivity index (χ4v) is 3.99. The SMILES string of the molecule is Cc1cnc2n1CCN(C)C21CCN(C(=O)c2ccco2)CC1.